The standard InChI is InChI=1S/C72H9O2P/c73-75(12-8-4-2-6-10(12)9-5-1-3-7-11(9)74-75)72-69-65-59-45-37-29-17-14-13-15-18(17)30-32-28-22(15)24-20-16(13)19-23-21(14)27-31(29)43(45)51-49-35(27)33(23)41-39-25(19)26(20)40-42-34(24)36(28)50-52-44(32)46(38(30)37)60(59)66(69)62(52)64-56(50)54(42)58-48(40)47(39)57-53(41)55(49)63(61(51)65)70(72)67(57)68(58)71(64)72/h1-8,69H. The Hall–Kier alpha value is -9.07. The molecule has 30 aromatic carbocycles. The van der Waals surface area contributed by atoms with Crippen LogP contribution < -0.4 is 9.83 Å². The Morgan fingerprint density at radius 2 is 0.493 bits per heavy atom. The minimum atomic E-state index is -4.04. The topological polar surface area (TPSA) is 26.3 Å². The fourth-order valence-corrected chi connectivity index (χ4v) is 29.3. The molecular weight excluding hydrogens is 928 g/mol. The summed E-state index contributed by atoms with van der Waals surface area (Å²) in [5.41, 5.74) is 7.95. The van der Waals surface area contributed by atoms with Crippen molar-refractivity contribution in [1.29, 1.82) is 0 Å². The van der Waals surface area contributed by atoms with Crippen molar-refractivity contribution in [2.45, 2.75) is 11.1 Å². The van der Waals surface area contributed by atoms with E-state index in [1.54, 1.807) is 205 Å². The minimum absolute atomic E-state index is 0.174. The van der Waals surface area contributed by atoms with Crippen LogP contribution in [0.15, 0.2) is 48.5 Å². The quantitative estimate of drug-likeness (QED) is 0.121. The van der Waals surface area contributed by atoms with Crippen LogP contribution in [0, 0.1) is 0 Å². The van der Waals surface area contributed by atoms with Gasteiger partial charge in [-0.25, -0.2) is 0 Å². The van der Waals surface area contributed by atoms with Crippen molar-refractivity contribution < 1.29 is 9.09 Å². The lowest BCUT2D eigenvalue weighted by Crippen LogP contribution is -2.42. The molecule has 0 amide bonds. The van der Waals surface area contributed by atoms with E-state index < -0.39 is 12.5 Å². The summed E-state index contributed by atoms with van der Waals surface area (Å²) in [5, 5.41) is 84.1. The van der Waals surface area contributed by atoms with E-state index in [1.165, 1.54) is 108 Å². The van der Waals surface area contributed by atoms with Crippen LogP contribution >= 0.6 is 7.37 Å². The third-order valence-corrected chi connectivity index (χ3v) is 29.3. The van der Waals surface area contributed by atoms with Crippen LogP contribution in [0.3, 0.4) is 0 Å². The van der Waals surface area contributed by atoms with E-state index in [2.05, 4.69) is 48.5 Å². The Bertz CT molecular complexity index is 7710. The first-order valence-corrected chi connectivity index (χ1v) is 29.2. The van der Waals surface area contributed by atoms with Gasteiger partial charge in [0.05, 0.1) is 5.30 Å². The zero-order valence-electron chi connectivity index (χ0n) is 38.0. The normalized spacial score (nSPS) is 22.5. The molecule has 0 saturated heterocycles. The number of fused-ring (bicyclic) bond motifs is 3. The molecule has 1 aliphatic heterocycles. The van der Waals surface area contributed by atoms with Crippen LogP contribution in [0.1, 0.15) is 28.2 Å². The molecule has 0 spiro atoms. The van der Waals surface area contributed by atoms with Gasteiger partial charge in [-0.05, 0) is 331 Å². The first-order chi connectivity index (χ1) is 37.3. The van der Waals surface area contributed by atoms with Gasteiger partial charge >= 0.3 is 0 Å². The summed E-state index contributed by atoms with van der Waals surface area (Å²) < 4.78 is 27.1. The maximum atomic E-state index is 19.1. The predicted molar refractivity (Wildman–Crippen MR) is 315 cm³/mol. The molecule has 314 valence electrons. The van der Waals surface area contributed by atoms with Gasteiger partial charge in [0.15, 0.2) is 0 Å². The Kier molecular flexibility index (Phi) is 2.49. The van der Waals surface area contributed by atoms with Crippen molar-refractivity contribution in [3.8, 4) is 16.9 Å². The summed E-state index contributed by atoms with van der Waals surface area (Å²) in [5.74, 6) is 0.601. The first-order valence-electron chi connectivity index (χ1n) is 27.5. The van der Waals surface area contributed by atoms with Crippen molar-refractivity contribution in [3.05, 3.63) is 70.8 Å². The zero-order chi connectivity index (χ0) is 44.7. The monoisotopic (exact) mass is 936 g/mol. The number of rotatable bonds is 1. The molecule has 3 heteroatoms. The Balaban J connectivity index is 1.11. The van der Waals surface area contributed by atoms with Gasteiger partial charge in [0.1, 0.15) is 10.9 Å². The average Bonchev–Trinajstić information content (AvgIpc) is 2.86. The van der Waals surface area contributed by atoms with E-state index in [0.717, 1.165) is 22.2 Å². The second-order valence-electron chi connectivity index (χ2n) is 26.7. The molecule has 1 unspecified atom stereocenters. The smallest absolute Gasteiger partial charge is 0.293 e. The molecule has 1 atom stereocenters. The molecule has 75 heavy (non-hydrogen) atoms. The molecule has 1 heterocycles. The van der Waals surface area contributed by atoms with Crippen molar-refractivity contribution in [1.82, 2.24) is 0 Å². The highest BCUT2D eigenvalue weighted by Crippen LogP contribution is 2.89. The van der Waals surface area contributed by atoms with Crippen molar-refractivity contribution in [3.63, 3.8) is 0 Å². The molecule has 0 N–H and O–H groups in total. The number of para-hydroxylation sites is 1. The van der Waals surface area contributed by atoms with Gasteiger partial charge in [0.25, 0.3) is 7.37 Å². The number of hydrogen-bond donors (Lipinski definition) is 0. The molecule has 35 rings (SSSR count). The second-order valence-corrected chi connectivity index (χ2v) is 29.2. The lowest BCUT2D eigenvalue weighted by Gasteiger charge is -2.50. The summed E-state index contributed by atoms with van der Waals surface area (Å²) in [6.07, 6.45) is 0. The maximum Gasteiger partial charge on any atom is 0.293 e. The zero-order valence-corrected chi connectivity index (χ0v) is 38.9. The first kappa shape index (κ1) is 28.4. The molecule has 2 nitrogen and oxygen atoms in total. The van der Waals surface area contributed by atoms with Gasteiger partial charge < -0.3 is 4.52 Å². The molecule has 5 aliphatic rings. The third-order valence-electron chi connectivity index (χ3n) is 26.2. The lowest BCUT2D eigenvalue weighted by atomic mass is 9.67. The maximum absolute atomic E-state index is 19.1. The number of benzene rings is 20. The van der Waals surface area contributed by atoms with Crippen LogP contribution in [-0.4, -0.2) is 0 Å². The van der Waals surface area contributed by atoms with Crippen LogP contribution in [0.5, 0.6) is 5.75 Å². The predicted octanol–water partition coefficient (Wildman–Crippen LogP) is 19.8. The van der Waals surface area contributed by atoms with E-state index in [1.807, 2.05) is 0 Å². The average molecular weight is 937 g/mol. The van der Waals surface area contributed by atoms with Gasteiger partial charge in [-0.2, -0.15) is 0 Å². The summed E-state index contributed by atoms with van der Waals surface area (Å²) in [6, 6.07) is 17.5. The van der Waals surface area contributed by atoms with Crippen LogP contribution in [-0.2, 0) is 9.72 Å². The van der Waals surface area contributed by atoms with E-state index in [9.17, 15) is 0 Å². The Morgan fingerprint density at radius 3 is 0.813 bits per heavy atom. The number of hydrogen-bond acceptors (Lipinski definition) is 2. The molecule has 0 fully saturated rings. The molecule has 0 aromatic heterocycles. The fraction of sp³-hybridized carbons (Fsp3) is 0.0278. The van der Waals surface area contributed by atoms with Crippen molar-refractivity contribution in [2.24, 2.45) is 0 Å². The van der Waals surface area contributed by atoms with Crippen molar-refractivity contribution in [2.75, 3.05) is 0 Å². The molecule has 0 bridgehead atoms. The molecular formula is C72H9O2P. The van der Waals surface area contributed by atoms with Gasteiger partial charge in [0, 0.05) is 11.5 Å². The summed E-state index contributed by atoms with van der Waals surface area (Å²) in [6.45, 7) is 0. The summed E-state index contributed by atoms with van der Waals surface area (Å²) >= 11 is 0. The molecule has 0 saturated carbocycles. The Morgan fingerprint density at radius 1 is 0.267 bits per heavy atom. The van der Waals surface area contributed by atoms with Crippen LogP contribution in [0.2, 0.25) is 0 Å². The highest BCUT2D eigenvalue weighted by molar-refractivity contribution is 7.69. The highest BCUT2D eigenvalue weighted by atomic mass is 31.2. The summed E-state index contributed by atoms with van der Waals surface area (Å²) in [4.78, 5) is 0. The second kappa shape index (κ2) is 6.57. The SMILES string of the molecule is O=P1(C23c4c5c6c7c8c9c(c%10c%11c2c2c4c4c%12c5c5c6c6c8c8c%13c9c9c%10c%10c%11c%11c2c2c4c4c%12c%12c5c5c6c8c6c8c%13c9c9c%10c%10c%11c2c2c4c4c%12c5c6c5c8c9c%10c2c45)C73)Oc2ccccc2-c2ccccc21. The summed E-state index contributed by atoms with van der Waals surface area (Å²) in [7, 11) is -4.04. The van der Waals surface area contributed by atoms with Crippen molar-refractivity contribution >= 4 is 304 Å². The minimum Gasteiger partial charge on any atom is -0.438 e. The van der Waals surface area contributed by atoms with Gasteiger partial charge in [0.2, 0.25) is 0 Å². The van der Waals surface area contributed by atoms with Gasteiger partial charge in [-0.15, -0.1) is 0 Å². The third kappa shape index (κ3) is 1.58. The van der Waals surface area contributed by atoms with E-state index >= 15 is 4.57 Å². The molecule has 4 aliphatic carbocycles. The van der Waals surface area contributed by atoms with Gasteiger partial charge in [-0.1, -0.05) is 36.4 Å². The Labute approximate surface area is 409 Å². The fourth-order valence-electron chi connectivity index (χ4n) is 25.8. The van der Waals surface area contributed by atoms with E-state index in [-0.39, 0.29) is 5.92 Å². The van der Waals surface area contributed by atoms with Gasteiger partial charge in [-0.3, -0.25) is 4.57 Å². The van der Waals surface area contributed by atoms with Crippen LogP contribution in [0.25, 0.3) is 302 Å². The van der Waals surface area contributed by atoms with E-state index in [4.69, 9.17) is 4.52 Å². The largest absolute Gasteiger partial charge is 0.438 e. The van der Waals surface area contributed by atoms with Crippen LogP contribution in [0.4, 0.5) is 0 Å². The lowest BCUT2D eigenvalue weighted by molar-refractivity contribution is 0.447. The molecule has 0 radical (unpaired) electrons. The highest BCUT2D eigenvalue weighted by Gasteiger charge is 2.71. The van der Waals surface area contributed by atoms with E-state index in [0.29, 0.717) is 0 Å². The molecule has 30 aromatic rings.